The van der Waals surface area contributed by atoms with Crippen LogP contribution in [0.1, 0.15) is 62.0 Å². The van der Waals surface area contributed by atoms with E-state index < -0.39 is 29.4 Å². The first-order valence-corrected chi connectivity index (χ1v) is 14.7. The van der Waals surface area contributed by atoms with E-state index in [4.69, 9.17) is 9.47 Å². The van der Waals surface area contributed by atoms with E-state index in [1.165, 1.54) is 6.92 Å². The normalized spacial score (nSPS) is 20.7. The van der Waals surface area contributed by atoms with Crippen LogP contribution in [0.4, 0.5) is 5.69 Å². The molecule has 0 amide bonds. The van der Waals surface area contributed by atoms with Gasteiger partial charge in [-0.25, -0.2) is 0 Å². The Balaban J connectivity index is 1.51. The van der Waals surface area contributed by atoms with Crippen molar-refractivity contribution in [3.05, 3.63) is 131 Å². The fraction of sp³-hybridized carbons (Fsp3) is 0.189. The van der Waals surface area contributed by atoms with Crippen molar-refractivity contribution in [3.8, 4) is 11.5 Å². The minimum absolute atomic E-state index is 0.265. The monoisotopic (exact) mass is 583 g/mol. The van der Waals surface area contributed by atoms with Crippen LogP contribution in [-0.4, -0.2) is 42.0 Å². The number of Topliss-reactive ketones (excluding diaryl/α,β-unsaturated/α-hetero) is 3. The number of anilines is 1. The van der Waals surface area contributed by atoms with Crippen molar-refractivity contribution in [3.63, 3.8) is 0 Å². The molecule has 0 saturated carbocycles. The number of esters is 1. The van der Waals surface area contributed by atoms with Crippen LogP contribution >= 0.6 is 0 Å². The number of carbonyl (C=O) groups excluding carboxylic acids is 4. The molecule has 1 aliphatic carbocycles. The number of para-hydroxylation sites is 2. The minimum atomic E-state index is -1.63. The second kappa shape index (κ2) is 10.5. The number of ether oxygens (including phenoxy) is 2. The van der Waals surface area contributed by atoms with Crippen molar-refractivity contribution in [2.75, 3.05) is 11.5 Å². The van der Waals surface area contributed by atoms with Gasteiger partial charge in [0.05, 0.1) is 12.6 Å². The molecule has 1 fully saturated rings. The lowest BCUT2D eigenvalue weighted by Crippen LogP contribution is -2.48. The van der Waals surface area contributed by atoms with Gasteiger partial charge in [-0.1, -0.05) is 72.8 Å². The average molecular weight is 584 g/mol. The minimum Gasteiger partial charge on any atom is -0.494 e. The second-order valence-corrected chi connectivity index (χ2v) is 11.2. The van der Waals surface area contributed by atoms with Gasteiger partial charge in [-0.3, -0.25) is 19.2 Å². The van der Waals surface area contributed by atoms with E-state index in [2.05, 4.69) is 0 Å². The molecule has 218 valence electrons. The van der Waals surface area contributed by atoms with Crippen LogP contribution in [-0.2, 0) is 4.79 Å². The molecule has 0 radical (unpaired) electrons. The molecule has 4 aromatic carbocycles. The molecule has 0 unspecified atom stereocenters. The Morgan fingerprint density at radius 1 is 0.818 bits per heavy atom. The number of benzene rings is 4. The van der Waals surface area contributed by atoms with Gasteiger partial charge in [0, 0.05) is 40.8 Å². The van der Waals surface area contributed by atoms with Gasteiger partial charge < -0.3 is 14.4 Å². The molecule has 0 N–H and O–H groups in total. The molecule has 3 atom stereocenters. The van der Waals surface area contributed by atoms with Crippen molar-refractivity contribution in [1.29, 1.82) is 0 Å². The zero-order valence-corrected chi connectivity index (χ0v) is 24.2. The van der Waals surface area contributed by atoms with E-state index in [0.29, 0.717) is 40.4 Å². The maximum Gasteiger partial charge on any atom is 0.308 e. The summed E-state index contributed by atoms with van der Waals surface area (Å²) in [5.41, 5.74) is 1.74. The van der Waals surface area contributed by atoms with Crippen LogP contribution in [0.3, 0.4) is 0 Å². The summed E-state index contributed by atoms with van der Waals surface area (Å²) in [6.07, 6.45) is 3.84. The Hall–Kier alpha value is -5.30. The maximum absolute atomic E-state index is 14.9. The topological polar surface area (TPSA) is 90.0 Å². The Labute approximate surface area is 254 Å². The predicted octanol–water partition coefficient (Wildman–Crippen LogP) is 6.33. The Morgan fingerprint density at radius 3 is 2.14 bits per heavy atom. The van der Waals surface area contributed by atoms with E-state index >= 15 is 0 Å². The van der Waals surface area contributed by atoms with E-state index in [0.717, 1.165) is 11.3 Å². The highest BCUT2D eigenvalue weighted by Crippen LogP contribution is 2.62. The van der Waals surface area contributed by atoms with Crippen LogP contribution in [0.5, 0.6) is 11.5 Å². The fourth-order valence-corrected chi connectivity index (χ4v) is 7.31. The largest absolute Gasteiger partial charge is 0.494 e. The highest BCUT2D eigenvalue weighted by atomic mass is 16.5. The van der Waals surface area contributed by atoms with E-state index in [1.54, 1.807) is 48.5 Å². The summed E-state index contributed by atoms with van der Waals surface area (Å²) in [6.45, 7) is 3.55. The lowest BCUT2D eigenvalue weighted by molar-refractivity contribution is -0.131. The van der Waals surface area contributed by atoms with Crippen molar-refractivity contribution in [2.45, 2.75) is 31.8 Å². The Bertz CT molecular complexity index is 1840. The molecule has 7 rings (SSSR count). The van der Waals surface area contributed by atoms with Crippen LogP contribution in [0.25, 0.3) is 6.08 Å². The maximum atomic E-state index is 14.9. The third-order valence-corrected chi connectivity index (χ3v) is 8.94. The smallest absolute Gasteiger partial charge is 0.308 e. The number of carbonyl (C=O) groups is 4. The summed E-state index contributed by atoms with van der Waals surface area (Å²) in [7, 11) is 0. The van der Waals surface area contributed by atoms with Gasteiger partial charge in [-0.15, -0.1) is 0 Å². The van der Waals surface area contributed by atoms with Crippen LogP contribution < -0.4 is 14.4 Å². The Morgan fingerprint density at radius 2 is 1.45 bits per heavy atom. The molecule has 0 bridgehead atoms. The third-order valence-electron chi connectivity index (χ3n) is 8.94. The molecular weight excluding hydrogens is 554 g/mol. The quantitative estimate of drug-likeness (QED) is 0.113. The highest BCUT2D eigenvalue weighted by Gasteiger charge is 2.71. The first-order chi connectivity index (χ1) is 21.4. The van der Waals surface area contributed by atoms with Gasteiger partial charge in [0.2, 0.25) is 0 Å². The van der Waals surface area contributed by atoms with Crippen molar-refractivity contribution in [2.24, 2.45) is 5.41 Å². The first kappa shape index (κ1) is 27.5. The number of ketones is 3. The number of rotatable bonds is 6. The summed E-state index contributed by atoms with van der Waals surface area (Å²) in [5, 5.41) is 0. The number of fused-ring (bicyclic) bond motifs is 5. The SMILES string of the molecule is CCOc1ccccc1[C@H]1[C@H](C(=O)c2ccc(OC(C)=O)cc2)N2c3ccccc3C=C[C@H]2C12C(=O)c1ccccc1C2=O. The molecule has 4 aromatic rings. The van der Waals surface area contributed by atoms with Crippen molar-refractivity contribution >= 4 is 35.1 Å². The average Bonchev–Trinajstić information content (AvgIpc) is 3.47. The van der Waals surface area contributed by atoms with E-state index in [-0.39, 0.29) is 17.3 Å². The number of nitrogens with zero attached hydrogens (tertiary/aromatic N) is 1. The van der Waals surface area contributed by atoms with Gasteiger partial charge in [0.15, 0.2) is 17.3 Å². The van der Waals surface area contributed by atoms with Gasteiger partial charge >= 0.3 is 5.97 Å². The molecule has 2 heterocycles. The first-order valence-electron chi connectivity index (χ1n) is 14.7. The highest BCUT2D eigenvalue weighted by molar-refractivity contribution is 6.32. The predicted molar refractivity (Wildman–Crippen MR) is 166 cm³/mol. The molecule has 7 nitrogen and oxygen atoms in total. The van der Waals surface area contributed by atoms with Crippen LogP contribution in [0.15, 0.2) is 103 Å². The Kier molecular flexibility index (Phi) is 6.54. The van der Waals surface area contributed by atoms with E-state index in [1.807, 2.05) is 72.5 Å². The van der Waals surface area contributed by atoms with Gasteiger partial charge in [-0.05, 0) is 48.9 Å². The molecule has 44 heavy (non-hydrogen) atoms. The fourth-order valence-electron chi connectivity index (χ4n) is 7.31. The molecule has 7 heteroatoms. The summed E-state index contributed by atoms with van der Waals surface area (Å²) < 4.78 is 11.3. The lowest BCUT2D eigenvalue weighted by atomic mass is 9.64. The van der Waals surface area contributed by atoms with E-state index in [9.17, 15) is 19.2 Å². The second-order valence-electron chi connectivity index (χ2n) is 11.2. The third kappa shape index (κ3) is 3.89. The summed E-state index contributed by atoms with van der Waals surface area (Å²) in [4.78, 5) is 58.0. The zero-order valence-electron chi connectivity index (χ0n) is 24.2. The lowest BCUT2D eigenvalue weighted by Gasteiger charge is -2.37. The van der Waals surface area contributed by atoms with Crippen molar-refractivity contribution in [1.82, 2.24) is 0 Å². The zero-order chi connectivity index (χ0) is 30.6. The van der Waals surface area contributed by atoms with Crippen molar-refractivity contribution < 1.29 is 28.7 Å². The summed E-state index contributed by atoms with van der Waals surface area (Å²) in [6, 6.07) is 26.7. The van der Waals surface area contributed by atoms with Gasteiger partial charge in [-0.2, -0.15) is 0 Å². The summed E-state index contributed by atoms with van der Waals surface area (Å²) >= 11 is 0. The molecule has 0 aromatic heterocycles. The molecule has 1 spiro atoms. The molecule has 2 aliphatic heterocycles. The van der Waals surface area contributed by atoms with Crippen LogP contribution in [0, 0.1) is 5.41 Å². The molecule has 3 aliphatic rings. The molecule has 1 saturated heterocycles. The molecular formula is C37H29NO6. The summed E-state index contributed by atoms with van der Waals surface area (Å²) in [5.74, 6) is -1.38. The van der Waals surface area contributed by atoms with Crippen LogP contribution in [0.2, 0.25) is 0 Å². The van der Waals surface area contributed by atoms with Gasteiger partial charge in [0.25, 0.3) is 0 Å². The van der Waals surface area contributed by atoms with Gasteiger partial charge in [0.1, 0.15) is 23.0 Å². The standard InChI is InChI=1S/C37H29NO6/c1-3-43-30-15-9-7-13-28(30)32-33(34(40)24-16-19-25(20-17-24)44-22(2)39)38-29-14-8-4-10-23(29)18-21-31(38)37(32)35(41)26-11-5-6-12-27(26)36(37)42/h4-21,31-33H,3H2,1-2H3/t31-,32-,33+/m0/s1. The number of hydrogen-bond acceptors (Lipinski definition) is 7. The number of hydrogen-bond donors (Lipinski definition) is 0.